The molecule has 2 aromatic carbocycles. The second-order valence-electron chi connectivity index (χ2n) is 5.83. The van der Waals surface area contributed by atoms with E-state index in [1.54, 1.807) is 6.21 Å². The molecule has 3 N–H and O–H groups in total. The number of ether oxygens (including phenoxy) is 1. The molecule has 1 heterocycles. The number of aryl methyl sites for hydroxylation is 1. The zero-order valence-corrected chi connectivity index (χ0v) is 16.8. The normalized spacial score (nSPS) is 10.9. The molecule has 144 valence electrons. The van der Waals surface area contributed by atoms with E-state index < -0.39 is 0 Å². The summed E-state index contributed by atoms with van der Waals surface area (Å²) in [5.74, 6) is 0.327. The maximum absolute atomic E-state index is 12.3. The van der Waals surface area contributed by atoms with Gasteiger partial charge in [0.1, 0.15) is 17.2 Å². The van der Waals surface area contributed by atoms with Crippen LogP contribution in [0.5, 0.6) is 5.75 Å². The van der Waals surface area contributed by atoms with Crippen LogP contribution in [0.3, 0.4) is 0 Å². The number of benzene rings is 2. The van der Waals surface area contributed by atoms with E-state index in [-0.39, 0.29) is 5.91 Å². The van der Waals surface area contributed by atoms with Gasteiger partial charge in [-0.2, -0.15) is 5.10 Å². The number of halogens is 1. The van der Waals surface area contributed by atoms with Gasteiger partial charge in [0.05, 0.1) is 11.9 Å². The van der Waals surface area contributed by atoms with Crippen molar-refractivity contribution >= 4 is 40.2 Å². The van der Waals surface area contributed by atoms with Gasteiger partial charge >= 0.3 is 0 Å². The van der Waals surface area contributed by atoms with Crippen LogP contribution in [0.25, 0.3) is 0 Å². The van der Waals surface area contributed by atoms with Gasteiger partial charge in [0.25, 0.3) is 5.91 Å². The quantitative estimate of drug-likeness (QED) is 0.446. The van der Waals surface area contributed by atoms with Gasteiger partial charge in [0, 0.05) is 10.6 Å². The fourth-order valence-electron chi connectivity index (χ4n) is 2.46. The van der Waals surface area contributed by atoms with E-state index in [0.29, 0.717) is 39.5 Å². The lowest BCUT2D eigenvalue weighted by Gasteiger charge is -2.09. The van der Waals surface area contributed by atoms with Gasteiger partial charge in [-0.1, -0.05) is 54.1 Å². The highest BCUT2D eigenvalue weighted by atomic mass is 35.5. The highest BCUT2D eigenvalue weighted by Crippen LogP contribution is 2.21. The van der Waals surface area contributed by atoms with Crippen LogP contribution >= 0.6 is 22.9 Å². The topological polar surface area (TPSA) is 89.6 Å². The number of nitrogens with zero attached hydrogens (tertiary/aromatic N) is 2. The van der Waals surface area contributed by atoms with Crippen molar-refractivity contribution in [2.45, 2.75) is 20.0 Å². The van der Waals surface area contributed by atoms with Gasteiger partial charge in [-0.05, 0) is 36.2 Å². The van der Waals surface area contributed by atoms with Gasteiger partial charge in [-0.3, -0.25) is 4.79 Å². The number of carbonyl (C=O) groups is 1. The lowest BCUT2D eigenvalue weighted by atomic mass is 10.2. The van der Waals surface area contributed by atoms with Crippen molar-refractivity contribution in [2.24, 2.45) is 5.10 Å². The molecule has 0 saturated carbocycles. The minimum atomic E-state index is -0.332. The summed E-state index contributed by atoms with van der Waals surface area (Å²) in [5, 5.41) is 5.09. The molecule has 0 saturated heterocycles. The molecule has 0 fully saturated rings. The second kappa shape index (κ2) is 9.34. The monoisotopic (exact) mass is 414 g/mol. The predicted octanol–water partition coefficient (Wildman–Crippen LogP) is 4.28. The van der Waals surface area contributed by atoms with Crippen molar-refractivity contribution in [3.8, 4) is 5.75 Å². The molecule has 0 bridgehead atoms. The number of aromatic nitrogens is 1. The number of rotatable bonds is 7. The Hall–Kier alpha value is -2.90. The summed E-state index contributed by atoms with van der Waals surface area (Å²) >= 11 is 7.05. The first-order valence-corrected chi connectivity index (χ1v) is 9.81. The zero-order valence-electron chi connectivity index (χ0n) is 15.2. The molecule has 0 unspecified atom stereocenters. The van der Waals surface area contributed by atoms with Crippen LogP contribution in [0.1, 0.15) is 33.4 Å². The molecule has 3 rings (SSSR count). The molecule has 3 aromatic rings. The van der Waals surface area contributed by atoms with Gasteiger partial charge < -0.3 is 10.5 Å². The molecule has 1 amide bonds. The fraction of sp³-hybridized carbons (Fsp3) is 0.150. The summed E-state index contributed by atoms with van der Waals surface area (Å²) in [6, 6.07) is 14.9. The van der Waals surface area contributed by atoms with E-state index >= 15 is 0 Å². The number of nitrogens with one attached hydrogen (secondary N) is 1. The minimum absolute atomic E-state index is 0.332. The summed E-state index contributed by atoms with van der Waals surface area (Å²) in [6.45, 7) is 2.32. The summed E-state index contributed by atoms with van der Waals surface area (Å²) in [7, 11) is 0. The molecular weight excluding hydrogens is 396 g/mol. The van der Waals surface area contributed by atoms with Crippen LogP contribution in [-0.2, 0) is 13.0 Å². The maximum atomic E-state index is 12.3. The van der Waals surface area contributed by atoms with Crippen molar-refractivity contribution < 1.29 is 9.53 Å². The van der Waals surface area contributed by atoms with Gasteiger partial charge in [0.2, 0.25) is 0 Å². The van der Waals surface area contributed by atoms with Gasteiger partial charge in [-0.15, -0.1) is 0 Å². The Balaban J connectivity index is 1.65. The molecule has 0 aliphatic rings. The number of amides is 1. The van der Waals surface area contributed by atoms with E-state index in [1.165, 1.54) is 0 Å². The van der Waals surface area contributed by atoms with Crippen molar-refractivity contribution in [1.82, 2.24) is 10.4 Å². The Kier molecular flexibility index (Phi) is 6.62. The number of carbonyl (C=O) groups excluding carboxylic acids is 1. The molecule has 0 aliphatic heterocycles. The third kappa shape index (κ3) is 5.09. The van der Waals surface area contributed by atoms with Gasteiger partial charge in [-0.25, -0.2) is 10.4 Å². The summed E-state index contributed by atoms with van der Waals surface area (Å²) in [4.78, 5) is 16.9. The number of para-hydroxylation sites is 1. The van der Waals surface area contributed by atoms with Gasteiger partial charge in [0.15, 0.2) is 5.13 Å². The van der Waals surface area contributed by atoms with Crippen LogP contribution in [0.2, 0.25) is 5.02 Å². The van der Waals surface area contributed by atoms with Crippen LogP contribution in [0, 0.1) is 0 Å². The van der Waals surface area contributed by atoms with E-state index in [1.807, 2.05) is 55.5 Å². The first-order chi connectivity index (χ1) is 13.6. The molecule has 8 heteroatoms. The third-order valence-corrected chi connectivity index (χ3v) is 5.03. The summed E-state index contributed by atoms with van der Waals surface area (Å²) < 4.78 is 5.87. The van der Waals surface area contributed by atoms with Crippen molar-refractivity contribution in [3.05, 3.63) is 75.3 Å². The first-order valence-electron chi connectivity index (χ1n) is 8.61. The molecule has 0 radical (unpaired) electrons. The number of nitrogens with two attached hydrogens (primary N) is 1. The third-order valence-electron chi connectivity index (χ3n) is 3.85. The van der Waals surface area contributed by atoms with Crippen LogP contribution in [-0.4, -0.2) is 17.1 Å². The Labute approximate surface area is 172 Å². The smallest absolute Gasteiger partial charge is 0.283 e. The van der Waals surface area contributed by atoms with Crippen molar-refractivity contribution in [2.75, 3.05) is 5.73 Å². The standard InChI is InChI=1S/C20H19ClN4O2S/c1-2-16-18(28-20(22)24-16)19(26)25-23-11-14-5-3-4-6-17(14)27-12-13-7-9-15(21)10-8-13/h3-11H,2,12H2,1H3,(H2,22,24)(H,25,26)/b23-11+. The number of nitrogen functional groups attached to an aromatic ring is 1. The van der Waals surface area contributed by atoms with E-state index in [2.05, 4.69) is 15.5 Å². The fourth-order valence-corrected chi connectivity index (χ4v) is 3.40. The van der Waals surface area contributed by atoms with Crippen molar-refractivity contribution in [1.29, 1.82) is 0 Å². The van der Waals surface area contributed by atoms with Crippen LogP contribution in [0.4, 0.5) is 5.13 Å². The van der Waals surface area contributed by atoms with Crippen LogP contribution in [0.15, 0.2) is 53.6 Å². The SMILES string of the molecule is CCc1nc(N)sc1C(=O)N/N=C/c1ccccc1OCc1ccc(Cl)cc1. The largest absolute Gasteiger partial charge is 0.488 e. The lowest BCUT2D eigenvalue weighted by molar-refractivity contribution is 0.0958. The highest BCUT2D eigenvalue weighted by molar-refractivity contribution is 7.17. The number of hydrogen-bond donors (Lipinski definition) is 2. The number of hydrogen-bond acceptors (Lipinski definition) is 6. The first kappa shape index (κ1) is 19.9. The second-order valence-corrected chi connectivity index (χ2v) is 7.30. The summed E-state index contributed by atoms with van der Waals surface area (Å²) in [5.41, 5.74) is 10.6. The predicted molar refractivity (Wildman–Crippen MR) is 113 cm³/mol. The van der Waals surface area contributed by atoms with Crippen molar-refractivity contribution in [3.63, 3.8) is 0 Å². The van der Waals surface area contributed by atoms with E-state index in [4.69, 9.17) is 22.1 Å². The maximum Gasteiger partial charge on any atom is 0.283 e. The average Bonchev–Trinajstić information content (AvgIpc) is 3.09. The number of thiazole rings is 1. The molecule has 1 aromatic heterocycles. The Morgan fingerprint density at radius 1 is 1.29 bits per heavy atom. The van der Waals surface area contributed by atoms with Crippen LogP contribution < -0.4 is 15.9 Å². The molecular formula is C20H19ClN4O2S. The van der Waals surface area contributed by atoms with E-state index in [0.717, 1.165) is 22.5 Å². The lowest BCUT2D eigenvalue weighted by Crippen LogP contribution is -2.17. The molecule has 0 atom stereocenters. The zero-order chi connectivity index (χ0) is 19.9. The minimum Gasteiger partial charge on any atom is -0.488 e. The number of hydrazone groups is 1. The summed E-state index contributed by atoms with van der Waals surface area (Å²) in [6.07, 6.45) is 2.17. The molecule has 0 spiro atoms. The molecule has 0 aliphatic carbocycles. The van der Waals surface area contributed by atoms with E-state index in [9.17, 15) is 4.79 Å². The Morgan fingerprint density at radius 2 is 2.04 bits per heavy atom. The average molecular weight is 415 g/mol. The highest BCUT2D eigenvalue weighted by Gasteiger charge is 2.15. The molecule has 6 nitrogen and oxygen atoms in total. The Morgan fingerprint density at radius 3 is 2.79 bits per heavy atom. The Bertz CT molecular complexity index is 986. The number of anilines is 1. The molecule has 28 heavy (non-hydrogen) atoms.